The van der Waals surface area contributed by atoms with Crippen molar-refractivity contribution in [3.63, 3.8) is 0 Å². The molecule has 0 fully saturated rings. The van der Waals surface area contributed by atoms with Crippen LogP contribution in [-0.4, -0.2) is 50.5 Å². The highest BCUT2D eigenvalue weighted by Gasteiger charge is 2.31. The number of anilines is 1. The van der Waals surface area contributed by atoms with E-state index in [1.807, 2.05) is 13.8 Å². The summed E-state index contributed by atoms with van der Waals surface area (Å²) in [6.45, 7) is 5.15. The van der Waals surface area contributed by atoms with E-state index in [4.69, 9.17) is 11.6 Å². The molecule has 0 heterocycles. The maximum absolute atomic E-state index is 14.4. The van der Waals surface area contributed by atoms with Crippen molar-refractivity contribution in [1.82, 2.24) is 10.2 Å². The van der Waals surface area contributed by atoms with Gasteiger partial charge in [0, 0.05) is 18.1 Å². The van der Waals surface area contributed by atoms with Gasteiger partial charge in [-0.1, -0.05) is 55.8 Å². The Morgan fingerprint density at radius 1 is 1.06 bits per heavy atom. The first-order valence-electron chi connectivity index (χ1n) is 10.4. The molecule has 0 spiro atoms. The average Bonchev–Trinajstić information content (AvgIpc) is 2.74. The van der Waals surface area contributed by atoms with Crippen LogP contribution >= 0.6 is 11.6 Å². The summed E-state index contributed by atoms with van der Waals surface area (Å²) in [6, 6.07) is 11.2. The minimum Gasteiger partial charge on any atom is -0.354 e. The highest BCUT2D eigenvalue weighted by atomic mass is 35.5. The number of halogens is 2. The molecule has 0 aliphatic heterocycles. The molecule has 33 heavy (non-hydrogen) atoms. The lowest BCUT2D eigenvalue weighted by Gasteiger charge is -2.31. The van der Waals surface area contributed by atoms with Gasteiger partial charge in [0.15, 0.2) is 0 Å². The van der Waals surface area contributed by atoms with Gasteiger partial charge in [-0.3, -0.25) is 13.9 Å². The third kappa shape index (κ3) is 7.43. The molecule has 0 aromatic heterocycles. The maximum Gasteiger partial charge on any atom is 0.244 e. The van der Waals surface area contributed by atoms with E-state index in [0.717, 1.165) is 12.3 Å². The Balaban J connectivity index is 2.39. The van der Waals surface area contributed by atoms with Crippen molar-refractivity contribution in [3.8, 4) is 0 Å². The Kier molecular flexibility index (Phi) is 9.25. The summed E-state index contributed by atoms with van der Waals surface area (Å²) in [7, 11) is -4.00. The molecule has 1 atom stereocenters. The number of amides is 2. The van der Waals surface area contributed by atoms with Gasteiger partial charge in [0.1, 0.15) is 18.4 Å². The number of hydrogen-bond acceptors (Lipinski definition) is 4. The van der Waals surface area contributed by atoms with Gasteiger partial charge < -0.3 is 10.2 Å². The van der Waals surface area contributed by atoms with Crippen LogP contribution < -0.4 is 9.62 Å². The molecule has 180 valence electrons. The summed E-state index contributed by atoms with van der Waals surface area (Å²) in [6.07, 6.45) is 0.893. The molecular formula is C23H29ClFN3O4S. The van der Waals surface area contributed by atoms with Gasteiger partial charge in [-0.2, -0.15) is 0 Å². The Bertz CT molecular complexity index is 1090. The van der Waals surface area contributed by atoms with E-state index in [0.29, 0.717) is 21.4 Å². The van der Waals surface area contributed by atoms with Crippen molar-refractivity contribution in [3.05, 3.63) is 64.9 Å². The third-order valence-corrected chi connectivity index (χ3v) is 6.45. The van der Waals surface area contributed by atoms with E-state index in [-0.39, 0.29) is 24.1 Å². The van der Waals surface area contributed by atoms with Gasteiger partial charge in [0.25, 0.3) is 0 Å². The number of hydrogen-bond donors (Lipinski definition) is 1. The van der Waals surface area contributed by atoms with Gasteiger partial charge in [-0.05, 0) is 36.6 Å². The predicted molar refractivity (Wildman–Crippen MR) is 128 cm³/mol. The van der Waals surface area contributed by atoms with Gasteiger partial charge in [-0.25, -0.2) is 12.8 Å². The first-order chi connectivity index (χ1) is 15.4. The van der Waals surface area contributed by atoms with Crippen molar-refractivity contribution in [2.24, 2.45) is 5.92 Å². The first-order valence-corrected chi connectivity index (χ1v) is 12.7. The molecule has 0 saturated heterocycles. The van der Waals surface area contributed by atoms with E-state index in [2.05, 4.69) is 5.32 Å². The molecular weight excluding hydrogens is 469 g/mol. The van der Waals surface area contributed by atoms with Crippen LogP contribution in [0, 0.1) is 11.7 Å². The number of nitrogens with one attached hydrogen (secondary N) is 1. The number of carbonyl (C=O) groups is 2. The molecule has 0 saturated carbocycles. The van der Waals surface area contributed by atoms with Crippen LogP contribution in [0.5, 0.6) is 0 Å². The zero-order valence-corrected chi connectivity index (χ0v) is 20.7. The Morgan fingerprint density at radius 2 is 1.67 bits per heavy atom. The fourth-order valence-electron chi connectivity index (χ4n) is 3.09. The molecule has 2 rings (SSSR count). The van der Waals surface area contributed by atoms with Gasteiger partial charge in [-0.15, -0.1) is 0 Å². The lowest BCUT2D eigenvalue weighted by atomic mass is 10.1. The Morgan fingerprint density at radius 3 is 2.24 bits per heavy atom. The molecule has 7 nitrogen and oxygen atoms in total. The van der Waals surface area contributed by atoms with Crippen molar-refractivity contribution >= 4 is 39.1 Å². The van der Waals surface area contributed by atoms with Crippen LogP contribution in [0.2, 0.25) is 5.02 Å². The molecule has 10 heteroatoms. The first kappa shape index (κ1) is 26.6. The summed E-state index contributed by atoms with van der Waals surface area (Å²) < 4.78 is 39.9. The third-order valence-electron chi connectivity index (χ3n) is 4.95. The second-order valence-corrected chi connectivity index (χ2v) is 10.5. The van der Waals surface area contributed by atoms with Crippen LogP contribution in [-0.2, 0) is 26.2 Å². The van der Waals surface area contributed by atoms with Crippen molar-refractivity contribution in [2.75, 3.05) is 23.7 Å². The van der Waals surface area contributed by atoms with Crippen LogP contribution in [0.3, 0.4) is 0 Å². The number of benzene rings is 2. The normalized spacial score (nSPS) is 12.3. The predicted octanol–water partition coefficient (Wildman–Crippen LogP) is 3.43. The van der Waals surface area contributed by atoms with Gasteiger partial charge >= 0.3 is 0 Å². The second-order valence-electron chi connectivity index (χ2n) is 8.15. The fourth-order valence-corrected chi connectivity index (χ4v) is 4.14. The van der Waals surface area contributed by atoms with E-state index >= 15 is 0 Å². The zero-order chi connectivity index (χ0) is 24.8. The molecule has 0 radical (unpaired) electrons. The summed E-state index contributed by atoms with van der Waals surface area (Å²) in [5.41, 5.74) is 0.343. The standard InChI is InChI=1S/C23H29ClFN3O4S/c1-16(2)13-26-23(30)17(3)27(14-18-9-5-6-10-19(18)24)22(29)15-28(33(4,31)32)21-12-8-7-11-20(21)25/h5-12,16-17H,13-15H2,1-4H3,(H,26,30)/t17-/m0/s1. The molecule has 2 aromatic carbocycles. The summed E-state index contributed by atoms with van der Waals surface area (Å²) in [4.78, 5) is 27.4. The molecule has 0 aliphatic rings. The average molecular weight is 498 g/mol. The summed E-state index contributed by atoms with van der Waals surface area (Å²) in [5, 5.41) is 3.19. The number of carbonyl (C=O) groups excluding carboxylic acids is 2. The molecule has 2 amide bonds. The van der Waals surface area contributed by atoms with E-state index < -0.39 is 34.3 Å². The van der Waals surface area contributed by atoms with Crippen LogP contribution in [0.1, 0.15) is 26.3 Å². The molecule has 0 aliphatic carbocycles. The Labute approximate surface area is 199 Å². The number of para-hydroxylation sites is 1. The minimum atomic E-state index is -4.00. The van der Waals surface area contributed by atoms with Gasteiger partial charge in [0.2, 0.25) is 21.8 Å². The molecule has 1 N–H and O–H groups in total. The van der Waals surface area contributed by atoms with Gasteiger partial charge in [0.05, 0.1) is 11.9 Å². The molecule has 2 aromatic rings. The van der Waals surface area contributed by atoms with E-state index in [1.165, 1.54) is 23.1 Å². The number of rotatable bonds is 10. The SMILES string of the molecule is CC(C)CNC(=O)[C@H](C)N(Cc1ccccc1Cl)C(=O)CN(c1ccccc1F)S(C)(=O)=O. The number of sulfonamides is 1. The maximum atomic E-state index is 14.4. The Hall–Kier alpha value is -2.65. The van der Waals surface area contributed by atoms with E-state index in [9.17, 15) is 22.4 Å². The fraction of sp³-hybridized carbons (Fsp3) is 0.391. The van der Waals surface area contributed by atoms with Crippen molar-refractivity contribution < 1.29 is 22.4 Å². The van der Waals surface area contributed by atoms with Crippen LogP contribution in [0.25, 0.3) is 0 Å². The van der Waals surface area contributed by atoms with Crippen LogP contribution in [0.15, 0.2) is 48.5 Å². The topological polar surface area (TPSA) is 86.8 Å². The van der Waals surface area contributed by atoms with Crippen molar-refractivity contribution in [2.45, 2.75) is 33.4 Å². The molecule has 0 unspecified atom stereocenters. The zero-order valence-electron chi connectivity index (χ0n) is 19.1. The minimum absolute atomic E-state index is 0.0242. The smallest absolute Gasteiger partial charge is 0.244 e. The highest BCUT2D eigenvalue weighted by molar-refractivity contribution is 7.92. The number of nitrogens with zero attached hydrogens (tertiary/aromatic N) is 2. The monoisotopic (exact) mass is 497 g/mol. The summed E-state index contributed by atoms with van der Waals surface area (Å²) in [5.74, 6) is -1.64. The van der Waals surface area contributed by atoms with Crippen molar-refractivity contribution in [1.29, 1.82) is 0 Å². The highest BCUT2D eigenvalue weighted by Crippen LogP contribution is 2.23. The lowest BCUT2D eigenvalue weighted by molar-refractivity contribution is -0.139. The second kappa shape index (κ2) is 11.5. The quantitative estimate of drug-likeness (QED) is 0.544. The lowest BCUT2D eigenvalue weighted by Crippen LogP contribution is -2.51. The van der Waals surface area contributed by atoms with Crippen LogP contribution in [0.4, 0.5) is 10.1 Å². The molecule has 0 bridgehead atoms. The largest absolute Gasteiger partial charge is 0.354 e. The van der Waals surface area contributed by atoms with E-state index in [1.54, 1.807) is 31.2 Å². The summed E-state index contributed by atoms with van der Waals surface area (Å²) >= 11 is 6.26.